The zero-order valence-electron chi connectivity index (χ0n) is 15.0. The predicted molar refractivity (Wildman–Crippen MR) is 101 cm³/mol. The lowest BCUT2D eigenvalue weighted by Gasteiger charge is -2.18. The molecule has 3 rings (SSSR count). The Bertz CT molecular complexity index is 1180. The van der Waals surface area contributed by atoms with Gasteiger partial charge < -0.3 is 9.88 Å². The van der Waals surface area contributed by atoms with Gasteiger partial charge in [-0.25, -0.2) is 4.79 Å². The van der Waals surface area contributed by atoms with E-state index < -0.39 is 5.69 Å². The number of aromatic amines is 1. The molecule has 27 heavy (non-hydrogen) atoms. The van der Waals surface area contributed by atoms with Crippen LogP contribution in [0.5, 0.6) is 0 Å². The molecule has 7 nitrogen and oxygen atoms in total. The zero-order chi connectivity index (χ0) is 19.6. The van der Waals surface area contributed by atoms with Crippen LogP contribution in [-0.2, 0) is 13.1 Å². The predicted octanol–water partition coefficient (Wildman–Crippen LogP) is 1.85. The molecule has 1 aromatic heterocycles. The highest BCUT2D eigenvalue weighted by Crippen LogP contribution is 2.13. The normalized spacial score (nSPS) is 10.6. The monoisotopic (exact) mass is 362 g/mol. The number of nitrogens with zero attached hydrogens (tertiary/aromatic N) is 3. The second-order valence-electron chi connectivity index (χ2n) is 6.21. The number of carbonyl (C=O) groups is 1. The van der Waals surface area contributed by atoms with Gasteiger partial charge in [-0.2, -0.15) is 5.26 Å². The molecule has 0 radical (unpaired) electrons. The standard InChI is InChI=1S/C20H18N4O3/c1-3-24-19(26)16-8-7-15(10-17(16)22-20(24)27)18(25)23(2)12-14-6-4-5-13(9-14)11-21/h4-10H,3,12H2,1-2H3,(H,22,27). The number of nitrogens with one attached hydrogen (secondary N) is 1. The van der Waals surface area contributed by atoms with Crippen LogP contribution in [0.15, 0.2) is 52.1 Å². The number of fused-ring (bicyclic) bond motifs is 1. The van der Waals surface area contributed by atoms with Crippen molar-refractivity contribution in [3.05, 3.63) is 80.0 Å². The zero-order valence-corrected chi connectivity index (χ0v) is 15.0. The van der Waals surface area contributed by atoms with Crippen molar-refractivity contribution < 1.29 is 4.79 Å². The van der Waals surface area contributed by atoms with Crippen molar-refractivity contribution >= 4 is 16.8 Å². The average molecular weight is 362 g/mol. The number of H-pyrrole nitrogens is 1. The molecule has 0 unspecified atom stereocenters. The SMILES string of the molecule is CCn1c(=O)[nH]c2cc(C(=O)N(C)Cc3cccc(C#N)c3)ccc2c1=O. The maximum absolute atomic E-state index is 12.7. The molecule has 7 heteroatoms. The molecule has 0 saturated carbocycles. The number of rotatable bonds is 4. The minimum absolute atomic E-state index is 0.250. The van der Waals surface area contributed by atoms with E-state index in [-0.39, 0.29) is 18.0 Å². The van der Waals surface area contributed by atoms with E-state index in [1.807, 2.05) is 6.07 Å². The smallest absolute Gasteiger partial charge is 0.328 e. The molecule has 1 heterocycles. The fourth-order valence-electron chi connectivity index (χ4n) is 2.98. The Hall–Kier alpha value is -3.66. The van der Waals surface area contributed by atoms with Gasteiger partial charge in [0.25, 0.3) is 11.5 Å². The molecule has 0 bridgehead atoms. The molecule has 0 fully saturated rings. The molecular formula is C20H18N4O3. The minimum Gasteiger partial charge on any atom is -0.337 e. The van der Waals surface area contributed by atoms with Crippen LogP contribution in [0.2, 0.25) is 0 Å². The fourth-order valence-corrected chi connectivity index (χ4v) is 2.98. The Balaban J connectivity index is 1.92. The molecule has 0 aliphatic carbocycles. The average Bonchev–Trinajstić information content (AvgIpc) is 2.67. The summed E-state index contributed by atoms with van der Waals surface area (Å²) in [5.41, 5.74) is 1.19. The van der Waals surface area contributed by atoms with E-state index >= 15 is 0 Å². The van der Waals surface area contributed by atoms with Crippen molar-refractivity contribution in [2.24, 2.45) is 0 Å². The van der Waals surface area contributed by atoms with E-state index in [0.29, 0.717) is 28.6 Å². The Labute approximate surface area is 155 Å². The molecule has 3 aromatic rings. The lowest BCUT2D eigenvalue weighted by Crippen LogP contribution is -2.34. The third kappa shape index (κ3) is 3.51. The van der Waals surface area contributed by atoms with Gasteiger partial charge in [0.15, 0.2) is 0 Å². The highest BCUT2D eigenvalue weighted by Gasteiger charge is 2.15. The third-order valence-electron chi connectivity index (χ3n) is 4.37. The first-order valence-electron chi connectivity index (χ1n) is 8.46. The molecule has 0 saturated heterocycles. The summed E-state index contributed by atoms with van der Waals surface area (Å²) in [6.45, 7) is 2.33. The van der Waals surface area contributed by atoms with Gasteiger partial charge >= 0.3 is 5.69 Å². The van der Waals surface area contributed by atoms with Crippen molar-refractivity contribution in [3.8, 4) is 6.07 Å². The van der Waals surface area contributed by atoms with Gasteiger partial charge in [-0.05, 0) is 42.8 Å². The maximum atomic E-state index is 12.7. The van der Waals surface area contributed by atoms with Crippen molar-refractivity contribution in [1.82, 2.24) is 14.5 Å². The van der Waals surface area contributed by atoms with Crippen LogP contribution in [0.25, 0.3) is 10.9 Å². The number of carbonyl (C=O) groups excluding carboxylic acids is 1. The summed E-state index contributed by atoms with van der Waals surface area (Å²) in [5.74, 6) is -0.250. The van der Waals surface area contributed by atoms with Crippen molar-refractivity contribution in [2.75, 3.05) is 7.05 Å². The molecule has 0 aliphatic heterocycles. The van der Waals surface area contributed by atoms with Crippen LogP contribution in [0.3, 0.4) is 0 Å². The van der Waals surface area contributed by atoms with Crippen LogP contribution in [0.4, 0.5) is 0 Å². The first kappa shape index (κ1) is 18.1. The lowest BCUT2D eigenvalue weighted by molar-refractivity contribution is 0.0785. The Morgan fingerprint density at radius 1 is 1.22 bits per heavy atom. The molecule has 1 N–H and O–H groups in total. The summed E-state index contributed by atoms with van der Waals surface area (Å²) in [4.78, 5) is 41.2. The Kier molecular flexibility index (Phi) is 4.90. The molecule has 1 amide bonds. The second-order valence-corrected chi connectivity index (χ2v) is 6.21. The van der Waals surface area contributed by atoms with Gasteiger partial charge in [0.05, 0.1) is 22.5 Å². The van der Waals surface area contributed by atoms with Crippen LogP contribution in [0, 0.1) is 11.3 Å². The van der Waals surface area contributed by atoms with E-state index in [0.717, 1.165) is 10.1 Å². The Morgan fingerprint density at radius 3 is 2.70 bits per heavy atom. The molecule has 2 aromatic carbocycles. The van der Waals surface area contributed by atoms with Crippen molar-refractivity contribution in [2.45, 2.75) is 20.0 Å². The summed E-state index contributed by atoms with van der Waals surface area (Å²) in [6, 6.07) is 13.8. The van der Waals surface area contributed by atoms with Gasteiger partial charge in [0, 0.05) is 25.7 Å². The quantitative estimate of drug-likeness (QED) is 0.766. The first-order valence-corrected chi connectivity index (χ1v) is 8.46. The van der Waals surface area contributed by atoms with E-state index in [4.69, 9.17) is 5.26 Å². The summed E-state index contributed by atoms with van der Waals surface area (Å²) >= 11 is 0. The number of benzene rings is 2. The molecular weight excluding hydrogens is 344 g/mol. The third-order valence-corrected chi connectivity index (χ3v) is 4.37. The van der Waals surface area contributed by atoms with Crippen LogP contribution >= 0.6 is 0 Å². The van der Waals surface area contributed by atoms with Crippen molar-refractivity contribution in [1.29, 1.82) is 5.26 Å². The minimum atomic E-state index is -0.499. The van der Waals surface area contributed by atoms with Gasteiger partial charge in [0.2, 0.25) is 0 Å². The van der Waals surface area contributed by atoms with Gasteiger partial charge in [-0.3, -0.25) is 14.2 Å². The van der Waals surface area contributed by atoms with E-state index in [9.17, 15) is 14.4 Å². The summed E-state index contributed by atoms with van der Waals surface area (Å²) in [5, 5.41) is 9.34. The largest absolute Gasteiger partial charge is 0.337 e. The number of hydrogen-bond acceptors (Lipinski definition) is 4. The lowest BCUT2D eigenvalue weighted by atomic mass is 10.1. The van der Waals surface area contributed by atoms with E-state index in [2.05, 4.69) is 11.1 Å². The van der Waals surface area contributed by atoms with E-state index in [1.54, 1.807) is 44.3 Å². The Morgan fingerprint density at radius 2 is 2.00 bits per heavy atom. The summed E-state index contributed by atoms with van der Waals surface area (Å²) < 4.78 is 1.11. The van der Waals surface area contributed by atoms with E-state index in [1.165, 1.54) is 11.0 Å². The topological polar surface area (TPSA) is 99.0 Å². The maximum Gasteiger partial charge on any atom is 0.328 e. The number of nitriles is 1. The highest BCUT2D eigenvalue weighted by atomic mass is 16.2. The van der Waals surface area contributed by atoms with Crippen LogP contribution in [-0.4, -0.2) is 27.4 Å². The van der Waals surface area contributed by atoms with Crippen LogP contribution < -0.4 is 11.2 Å². The number of amides is 1. The summed E-state index contributed by atoms with van der Waals surface area (Å²) in [7, 11) is 1.66. The summed E-state index contributed by atoms with van der Waals surface area (Å²) in [6.07, 6.45) is 0. The van der Waals surface area contributed by atoms with Gasteiger partial charge in [-0.15, -0.1) is 0 Å². The fraction of sp³-hybridized carbons (Fsp3) is 0.200. The van der Waals surface area contributed by atoms with Crippen LogP contribution in [0.1, 0.15) is 28.4 Å². The molecule has 0 atom stereocenters. The molecule has 0 aliphatic rings. The molecule has 0 spiro atoms. The van der Waals surface area contributed by atoms with Crippen molar-refractivity contribution in [3.63, 3.8) is 0 Å². The number of aromatic nitrogens is 2. The highest BCUT2D eigenvalue weighted by molar-refractivity contribution is 5.97. The molecule has 136 valence electrons. The number of hydrogen-bond donors (Lipinski definition) is 1. The van der Waals surface area contributed by atoms with Gasteiger partial charge in [0.1, 0.15) is 0 Å². The second kappa shape index (κ2) is 7.30. The first-order chi connectivity index (χ1) is 12.9. The van der Waals surface area contributed by atoms with Gasteiger partial charge in [-0.1, -0.05) is 12.1 Å².